The molecule has 2 aromatic carbocycles. The Morgan fingerprint density at radius 3 is 2.52 bits per heavy atom. The number of nitrogens with one attached hydrogen (secondary N) is 2. The summed E-state index contributed by atoms with van der Waals surface area (Å²) in [6, 6.07) is 12.8. The molecule has 1 unspecified atom stereocenters. The van der Waals surface area contributed by atoms with Crippen molar-refractivity contribution in [3.05, 3.63) is 60.1 Å². The van der Waals surface area contributed by atoms with Crippen molar-refractivity contribution in [2.24, 2.45) is 0 Å². The van der Waals surface area contributed by atoms with Gasteiger partial charge in [0.05, 0.1) is 12.0 Å². The molecule has 0 aliphatic rings. The predicted octanol–water partition coefficient (Wildman–Crippen LogP) is 3.36. The summed E-state index contributed by atoms with van der Waals surface area (Å²) in [5.41, 5.74) is 0.448. The number of anilines is 2. The fraction of sp³-hybridized carbons (Fsp3) is 0.158. The molecular formula is C19H19N3O5S2. The van der Waals surface area contributed by atoms with Gasteiger partial charge < -0.3 is 14.8 Å². The molecule has 0 saturated heterocycles. The number of ether oxygens (including phenoxy) is 2. The molecule has 3 aromatic rings. The molecule has 0 fully saturated rings. The summed E-state index contributed by atoms with van der Waals surface area (Å²) >= 11 is 1.18. The van der Waals surface area contributed by atoms with Crippen LogP contribution in [0, 0.1) is 0 Å². The average Bonchev–Trinajstić information content (AvgIpc) is 3.20. The fourth-order valence-corrected chi connectivity index (χ4v) is 4.13. The predicted molar refractivity (Wildman–Crippen MR) is 111 cm³/mol. The van der Waals surface area contributed by atoms with Gasteiger partial charge in [-0.3, -0.25) is 9.52 Å². The Balaban J connectivity index is 1.61. The maximum atomic E-state index is 12.4. The first kappa shape index (κ1) is 20.6. The van der Waals surface area contributed by atoms with E-state index in [1.165, 1.54) is 41.8 Å². The molecule has 0 aliphatic carbocycles. The Labute approximate surface area is 172 Å². The summed E-state index contributed by atoms with van der Waals surface area (Å²) in [5, 5.41) is 4.65. The highest BCUT2D eigenvalue weighted by Gasteiger charge is 2.18. The van der Waals surface area contributed by atoms with Crippen LogP contribution < -0.4 is 19.5 Å². The lowest BCUT2D eigenvalue weighted by Gasteiger charge is -2.15. The van der Waals surface area contributed by atoms with E-state index in [0.29, 0.717) is 17.2 Å². The zero-order valence-corrected chi connectivity index (χ0v) is 17.3. The van der Waals surface area contributed by atoms with Crippen LogP contribution in [0.1, 0.15) is 6.92 Å². The Morgan fingerprint density at radius 1 is 1.14 bits per heavy atom. The second-order valence-corrected chi connectivity index (χ2v) is 8.47. The molecular weight excluding hydrogens is 414 g/mol. The summed E-state index contributed by atoms with van der Waals surface area (Å²) < 4.78 is 37.8. The van der Waals surface area contributed by atoms with E-state index in [2.05, 4.69) is 15.0 Å². The van der Waals surface area contributed by atoms with Gasteiger partial charge in [-0.25, -0.2) is 13.4 Å². The third-order valence-corrected chi connectivity index (χ3v) is 5.98. The number of benzene rings is 2. The summed E-state index contributed by atoms with van der Waals surface area (Å²) in [5.74, 6) is 0.754. The van der Waals surface area contributed by atoms with E-state index in [0.717, 1.165) is 0 Å². The number of aromatic nitrogens is 1. The van der Waals surface area contributed by atoms with E-state index in [-0.39, 0.29) is 15.9 Å². The maximum absolute atomic E-state index is 12.4. The van der Waals surface area contributed by atoms with Crippen LogP contribution in [0.25, 0.3) is 0 Å². The summed E-state index contributed by atoms with van der Waals surface area (Å²) in [4.78, 5) is 16.3. The van der Waals surface area contributed by atoms with Crippen LogP contribution in [-0.2, 0) is 14.8 Å². The van der Waals surface area contributed by atoms with Crippen LogP contribution in [-0.4, -0.2) is 32.5 Å². The Morgan fingerprint density at radius 2 is 1.86 bits per heavy atom. The van der Waals surface area contributed by atoms with Gasteiger partial charge >= 0.3 is 0 Å². The number of nitrogens with zero attached hydrogens (tertiary/aromatic N) is 1. The van der Waals surface area contributed by atoms with Gasteiger partial charge in [0.2, 0.25) is 0 Å². The van der Waals surface area contributed by atoms with Crippen molar-refractivity contribution in [2.45, 2.75) is 17.9 Å². The molecule has 2 N–H and O–H groups in total. The molecule has 8 nitrogen and oxygen atoms in total. The van der Waals surface area contributed by atoms with Gasteiger partial charge in [-0.05, 0) is 43.3 Å². The van der Waals surface area contributed by atoms with Crippen LogP contribution in [0.3, 0.4) is 0 Å². The number of rotatable bonds is 8. The Bertz CT molecular complexity index is 1070. The van der Waals surface area contributed by atoms with E-state index >= 15 is 0 Å². The number of carbonyl (C=O) groups excluding carboxylic acids is 1. The minimum absolute atomic E-state index is 0.0615. The van der Waals surface area contributed by atoms with E-state index < -0.39 is 16.1 Å². The molecule has 3 rings (SSSR count). The van der Waals surface area contributed by atoms with Gasteiger partial charge in [0.1, 0.15) is 11.5 Å². The molecule has 1 amide bonds. The zero-order valence-electron chi connectivity index (χ0n) is 15.7. The number of amides is 1. The van der Waals surface area contributed by atoms with Crippen molar-refractivity contribution in [2.75, 3.05) is 17.1 Å². The van der Waals surface area contributed by atoms with Crippen molar-refractivity contribution in [1.82, 2.24) is 4.98 Å². The number of methoxy groups -OCH3 is 1. The molecule has 0 saturated carbocycles. The molecule has 10 heteroatoms. The number of thiazole rings is 1. The number of carbonyl (C=O) groups is 1. The molecule has 1 aromatic heterocycles. The lowest BCUT2D eigenvalue weighted by Crippen LogP contribution is -2.30. The lowest BCUT2D eigenvalue weighted by atomic mass is 10.3. The van der Waals surface area contributed by atoms with Gasteiger partial charge in [0, 0.05) is 23.3 Å². The first-order valence-corrected chi connectivity index (χ1v) is 10.9. The van der Waals surface area contributed by atoms with Gasteiger partial charge in [-0.1, -0.05) is 6.07 Å². The molecule has 29 heavy (non-hydrogen) atoms. The first-order chi connectivity index (χ1) is 13.9. The van der Waals surface area contributed by atoms with Crippen LogP contribution >= 0.6 is 11.3 Å². The highest BCUT2D eigenvalue weighted by atomic mass is 32.2. The third kappa shape index (κ3) is 5.46. The third-order valence-electron chi connectivity index (χ3n) is 3.81. The van der Waals surface area contributed by atoms with Gasteiger partial charge in [-0.2, -0.15) is 0 Å². The van der Waals surface area contributed by atoms with Crippen molar-refractivity contribution in [3.8, 4) is 11.5 Å². The van der Waals surface area contributed by atoms with Crippen molar-refractivity contribution in [1.29, 1.82) is 0 Å². The molecule has 1 heterocycles. The van der Waals surface area contributed by atoms with Gasteiger partial charge in [0.15, 0.2) is 11.2 Å². The van der Waals surface area contributed by atoms with Crippen LogP contribution in [0.5, 0.6) is 11.5 Å². The quantitative estimate of drug-likeness (QED) is 0.564. The number of sulfonamides is 1. The van der Waals surface area contributed by atoms with E-state index in [9.17, 15) is 13.2 Å². The molecule has 0 radical (unpaired) electrons. The normalized spacial score (nSPS) is 12.1. The molecule has 0 aliphatic heterocycles. The molecule has 0 spiro atoms. The van der Waals surface area contributed by atoms with Gasteiger partial charge in [0.25, 0.3) is 15.9 Å². The minimum atomic E-state index is -3.74. The highest BCUT2D eigenvalue weighted by Crippen LogP contribution is 2.21. The van der Waals surface area contributed by atoms with E-state index in [4.69, 9.17) is 9.47 Å². The van der Waals surface area contributed by atoms with Crippen LogP contribution in [0.4, 0.5) is 10.8 Å². The number of hydrogen-bond acceptors (Lipinski definition) is 7. The first-order valence-electron chi connectivity index (χ1n) is 8.51. The van der Waals surface area contributed by atoms with Crippen molar-refractivity contribution >= 4 is 38.1 Å². The largest absolute Gasteiger partial charge is 0.497 e. The SMILES string of the molecule is COc1cccc(OC(C)C(=O)Nc2ccc(S(=O)(=O)Nc3nccs3)cc2)c1. The van der Waals surface area contributed by atoms with E-state index in [1.54, 1.807) is 43.7 Å². The smallest absolute Gasteiger partial charge is 0.265 e. The summed E-state index contributed by atoms with van der Waals surface area (Å²) in [7, 11) is -2.20. The Kier molecular flexibility index (Phi) is 6.35. The topological polar surface area (TPSA) is 107 Å². The molecule has 1 atom stereocenters. The average molecular weight is 434 g/mol. The van der Waals surface area contributed by atoms with Crippen molar-refractivity contribution < 1.29 is 22.7 Å². The molecule has 152 valence electrons. The number of hydrogen-bond donors (Lipinski definition) is 2. The highest BCUT2D eigenvalue weighted by molar-refractivity contribution is 7.93. The summed E-state index contributed by atoms with van der Waals surface area (Å²) in [6.45, 7) is 1.62. The maximum Gasteiger partial charge on any atom is 0.265 e. The standard InChI is InChI=1S/C19H19N3O5S2/c1-13(27-16-5-3-4-15(12-16)26-2)18(23)21-14-6-8-17(9-7-14)29(24,25)22-19-20-10-11-28-19/h3-13H,1-2H3,(H,20,22)(H,21,23). The van der Waals surface area contributed by atoms with Gasteiger partial charge in [-0.15, -0.1) is 11.3 Å². The fourth-order valence-electron chi connectivity index (χ4n) is 2.34. The zero-order chi connectivity index (χ0) is 20.9. The summed E-state index contributed by atoms with van der Waals surface area (Å²) in [6.07, 6.45) is 0.743. The molecule has 0 bridgehead atoms. The Hall–Kier alpha value is -3.11. The second kappa shape index (κ2) is 8.93. The van der Waals surface area contributed by atoms with Crippen LogP contribution in [0.2, 0.25) is 0 Å². The minimum Gasteiger partial charge on any atom is -0.497 e. The monoisotopic (exact) mass is 433 g/mol. The van der Waals surface area contributed by atoms with Crippen LogP contribution in [0.15, 0.2) is 65.0 Å². The van der Waals surface area contributed by atoms with Crippen molar-refractivity contribution in [3.63, 3.8) is 0 Å². The van der Waals surface area contributed by atoms with E-state index in [1.807, 2.05) is 0 Å². The lowest BCUT2D eigenvalue weighted by molar-refractivity contribution is -0.122. The second-order valence-electron chi connectivity index (χ2n) is 5.90.